The van der Waals surface area contributed by atoms with Crippen molar-refractivity contribution in [2.75, 3.05) is 26.3 Å². The Hall–Kier alpha value is -6.31. The maximum Gasteiger partial charge on any atom is 0.306 e. The number of carbonyl (C=O) groups excluding carboxylic acids is 5. The van der Waals surface area contributed by atoms with Crippen molar-refractivity contribution < 1.29 is 63.3 Å². The Balaban J connectivity index is 0.000000201. The van der Waals surface area contributed by atoms with Crippen molar-refractivity contribution in [3.63, 3.8) is 0 Å². The fourth-order valence-corrected chi connectivity index (χ4v) is 10.8. The van der Waals surface area contributed by atoms with Crippen LogP contribution in [0, 0.1) is 7.43 Å². The zero-order valence-corrected chi connectivity index (χ0v) is 47.2. The molecular weight excluding hydrogens is 1020 g/mol. The number of nitrogens with two attached hydrogens (primary N) is 1. The van der Waals surface area contributed by atoms with Gasteiger partial charge >= 0.3 is 11.9 Å². The van der Waals surface area contributed by atoms with E-state index in [-0.39, 0.29) is 87.6 Å². The number of fused-ring (bicyclic) bond motifs is 7. The number of allylic oxidation sites excluding steroid dienone is 1. The fraction of sp³-hybridized carbons (Fsp3) is 0.350. The second kappa shape index (κ2) is 30.3. The molecule has 13 nitrogen and oxygen atoms in total. The second-order valence-electron chi connectivity index (χ2n) is 18.7. The summed E-state index contributed by atoms with van der Waals surface area (Å²) in [6.07, 6.45) is 10.7. The topological polar surface area (TPSA) is 198 Å². The molecule has 2 aliphatic heterocycles. The molecule has 15 heteroatoms. The standard InChI is InChI=1S/C13H15NO3.C13H15N.C13H14O3.C11H11NO.C9H8O.CH3.ClH.H3NO.Zn/c1-2-17-13(15)8-11-10-6-4-3-5-9(10)7-12(11)14-16;1-2-6-12-10-13(9-11(12)5-1)14-7-3-4-8-14;1-2-16-13(15)8-11-10-6-4-3-5-9(10)7-12(11)14;13-11-6-9-8-4-2-1-3-7(8)5-10(9)12-11;10-9-5-7-3-1-2-4-8(7)6-9;;;1-2;/h3-6,11,16H,2,7-8H2,1H3;1-2,5-6,9H,3-4,7-8,10H2;3-6,11H,2,7-8H2,1H3;1-4,9-10H,5-6H2,(H,12,13);1-4H,5-6H2;1H3;1H;2H,1H2;/q;;;;;-1;;;. The molecule has 7 aliphatic rings. The van der Waals surface area contributed by atoms with Gasteiger partial charge in [-0.3, -0.25) is 24.0 Å². The van der Waals surface area contributed by atoms with Crippen LogP contribution in [0.25, 0.3) is 6.08 Å². The Labute approximate surface area is 460 Å². The molecule has 5 aliphatic carbocycles. The summed E-state index contributed by atoms with van der Waals surface area (Å²) in [5, 5.41) is 21.8. The normalized spacial score (nSPS) is 19.5. The number of rotatable bonds is 7. The summed E-state index contributed by atoms with van der Waals surface area (Å²) in [5.74, 6) is 3.64. The molecule has 4 unspecified atom stereocenters. The molecule has 0 aromatic heterocycles. The third-order valence-corrected chi connectivity index (χ3v) is 14.2. The Kier molecular flexibility index (Phi) is 24.7. The molecule has 4 atom stereocenters. The minimum absolute atomic E-state index is 0. The summed E-state index contributed by atoms with van der Waals surface area (Å²) in [7, 11) is 0. The molecule has 12 rings (SSSR count). The van der Waals surface area contributed by atoms with E-state index < -0.39 is 0 Å². The van der Waals surface area contributed by atoms with Gasteiger partial charge in [-0.05, 0) is 94.8 Å². The number of ketones is 2. The number of nitrogens with zero attached hydrogens (tertiary/aromatic N) is 2. The predicted octanol–water partition coefficient (Wildman–Crippen LogP) is 9.41. The third-order valence-electron chi connectivity index (χ3n) is 14.2. The van der Waals surface area contributed by atoms with Crippen LogP contribution < -0.4 is 11.2 Å². The van der Waals surface area contributed by atoms with Gasteiger partial charge in [0.2, 0.25) is 5.91 Å². The molecule has 2 fully saturated rings. The van der Waals surface area contributed by atoms with Crippen LogP contribution in [0.3, 0.4) is 0 Å². The van der Waals surface area contributed by atoms with Crippen LogP contribution in [0.2, 0.25) is 0 Å². The SMILES string of the molecule is C1=C(N2CCCC2)Cc2ccccc21.CCOC(=O)CC1C(=NO)Cc2ccccc21.CCOC(=O)CC1C(=O)Cc2ccccc21.Cl.NO.O=C1CC2c3ccccc3CC2N1.O=C1Cc2ccccc2C1.[CH3-].[Zn]. The van der Waals surface area contributed by atoms with Crippen LogP contribution in [0.1, 0.15) is 119 Å². The van der Waals surface area contributed by atoms with Gasteiger partial charge in [-0.2, -0.15) is 0 Å². The summed E-state index contributed by atoms with van der Waals surface area (Å²) in [4.78, 5) is 59.3. The van der Waals surface area contributed by atoms with Crippen molar-refractivity contribution in [1.82, 2.24) is 10.2 Å². The number of esters is 2. The number of oxime groups is 1. The molecule has 0 bridgehead atoms. The number of amides is 1. The molecule has 0 spiro atoms. The Bertz CT molecular complexity index is 2770. The van der Waals surface area contributed by atoms with Gasteiger partial charge in [0, 0.05) is 94.7 Å². The van der Waals surface area contributed by atoms with E-state index >= 15 is 0 Å². The number of likely N-dealkylation sites (tertiary alicyclic amines) is 1. The molecule has 75 heavy (non-hydrogen) atoms. The first-order valence-electron chi connectivity index (χ1n) is 25.1. The number of nitrogens with one attached hydrogen (secondary N) is 1. The van der Waals surface area contributed by atoms with Crippen LogP contribution in [0.15, 0.2) is 132 Å². The monoisotopic (exact) mass is 1090 g/mol. The quantitative estimate of drug-likeness (QED) is 0.0398. The second-order valence-corrected chi connectivity index (χ2v) is 18.7. The average molecular weight is 1090 g/mol. The average Bonchev–Trinajstić information content (AvgIpc) is 4.28. The van der Waals surface area contributed by atoms with E-state index in [9.17, 15) is 24.0 Å². The third kappa shape index (κ3) is 15.9. The number of benzene rings is 5. The van der Waals surface area contributed by atoms with Crippen molar-refractivity contribution in [2.24, 2.45) is 11.1 Å². The van der Waals surface area contributed by atoms with Gasteiger partial charge in [0.15, 0.2) is 0 Å². The maximum atomic E-state index is 11.8. The van der Waals surface area contributed by atoms with E-state index in [0.29, 0.717) is 68.8 Å². The molecule has 1 amide bonds. The van der Waals surface area contributed by atoms with Gasteiger partial charge in [0.1, 0.15) is 11.6 Å². The largest absolute Gasteiger partial charge is 0.466 e. The molecular formula is C60H70ClN4O9Zn-. The number of ether oxygens (including phenoxy) is 2. The van der Waals surface area contributed by atoms with Crippen LogP contribution in [-0.4, -0.2) is 82.8 Å². The summed E-state index contributed by atoms with van der Waals surface area (Å²) in [6, 6.07) is 41.1. The van der Waals surface area contributed by atoms with Gasteiger partial charge in [0.25, 0.3) is 0 Å². The fourth-order valence-electron chi connectivity index (χ4n) is 10.8. The Morgan fingerprint density at radius 2 is 1.11 bits per heavy atom. The van der Waals surface area contributed by atoms with Gasteiger partial charge in [-0.25, -0.2) is 5.90 Å². The Morgan fingerprint density at radius 3 is 1.67 bits per heavy atom. The van der Waals surface area contributed by atoms with Crippen molar-refractivity contribution in [2.45, 2.75) is 108 Å². The number of halogens is 1. The van der Waals surface area contributed by atoms with Gasteiger partial charge in [0.05, 0.1) is 37.7 Å². The van der Waals surface area contributed by atoms with Crippen molar-refractivity contribution in [3.05, 3.63) is 190 Å². The minimum atomic E-state index is -0.296. The van der Waals surface area contributed by atoms with Crippen LogP contribution >= 0.6 is 12.4 Å². The van der Waals surface area contributed by atoms with E-state index in [2.05, 4.69) is 75.9 Å². The Morgan fingerprint density at radius 1 is 0.627 bits per heavy atom. The first kappa shape index (κ1) is 61.2. The van der Waals surface area contributed by atoms with Crippen LogP contribution in [-0.2, 0) is 91.4 Å². The van der Waals surface area contributed by atoms with E-state index in [1.807, 2.05) is 72.8 Å². The first-order valence-corrected chi connectivity index (χ1v) is 25.1. The molecule has 0 radical (unpaired) electrons. The first-order chi connectivity index (χ1) is 35.1. The predicted molar refractivity (Wildman–Crippen MR) is 289 cm³/mol. The zero-order valence-electron chi connectivity index (χ0n) is 43.4. The maximum absolute atomic E-state index is 11.8. The summed E-state index contributed by atoms with van der Waals surface area (Å²) in [5.41, 5.74) is 14.5. The number of Topliss-reactive ketones (excluding diaryl/α,β-unsaturated/α-hetero) is 2. The summed E-state index contributed by atoms with van der Waals surface area (Å²) < 4.78 is 9.81. The van der Waals surface area contributed by atoms with Gasteiger partial charge in [-0.1, -0.05) is 126 Å². The number of hydrogen-bond donors (Lipinski definition) is 4. The summed E-state index contributed by atoms with van der Waals surface area (Å²) in [6.45, 7) is 6.81. The molecule has 394 valence electrons. The van der Waals surface area contributed by atoms with Gasteiger partial charge < -0.3 is 37.5 Å². The number of hydrogen-bond acceptors (Lipinski definition) is 12. The van der Waals surface area contributed by atoms with E-state index in [4.69, 9.17) is 19.9 Å². The van der Waals surface area contributed by atoms with Crippen LogP contribution in [0.5, 0.6) is 0 Å². The molecule has 2 heterocycles. The zero-order chi connectivity index (χ0) is 51.0. The van der Waals surface area contributed by atoms with E-state index in [1.54, 1.807) is 13.8 Å². The van der Waals surface area contributed by atoms with Crippen LogP contribution in [0.4, 0.5) is 0 Å². The van der Waals surface area contributed by atoms with Crippen molar-refractivity contribution in [3.8, 4) is 0 Å². The van der Waals surface area contributed by atoms with E-state index in [0.717, 1.165) is 35.1 Å². The minimum Gasteiger partial charge on any atom is -0.466 e. The number of carbonyl (C=O) groups is 5. The van der Waals surface area contributed by atoms with Crippen molar-refractivity contribution in [1.29, 1.82) is 0 Å². The van der Waals surface area contributed by atoms with Crippen molar-refractivity contribution >= 4 is 53.6 Å². The smallest absolute Gasteiger partial charge is 0.306 e. The molecule has 0 saturated carbocycles. The van der Waals surface area contributed by atoms with Gasteiger partial charge in [-0.15, -0.1) is 12.4 Å². The molecule has 5 N–H and O–H groups in total. The van der Waals surface area contributed by atoms with E-state index in [1.165, 1.54) is 65.0 Å². The molecule has 5 aromatic rings. The summed E-state index contributed by atoms with van der Waals surface area (Å²) >= 11 is 0. The molecule has 2 saturated heterocycles. The molecule has 5 aromatic carbocycles.